The minimum Gasteiger partial charge on any atom is -0.493 e. The summed E-state index contributed by atoms with van der Waals surface area (Å²) in [7, 11) is 1.64. The highest BCUT2D eigenvalue weighted by molar-refractivity contribution is 5.77. The molecular weight excluding hydrogens is 292 g/mol. The number of hydrogen-bond acceptors (Lipinski definition) is 4. The van der Waals surface area contributed by atoms with Crippen LogP contribution in [0.2, 0.25) is 0 Å². The molecule has 0 spiro atoms. The third-order valence-electron chi connectivity index (χ3n) is 4.17. The Kier molecular flexibility index (Phi) is 6.28. The van der Waals surface area contributed by atoms with Gasteiger partial charge in [-0.25, -0.2) is 0 Å². The van der Waals surface area contributed by atoms with Gasteiger partial charge in [0.25, 0.3) is 0 Å². The second-order valence-electron chi connectivity index (χ2n) is 6.41. The van der Waals surface area contributed by atoms with Crippen LogP contribution in [0.1, 0.15) is 57.6 Å². The van der Waals surface area contributed by atoms with Crippen LogP contribution in [0, 0.1) is 0 Å². The Bertz CT molecular complexity index is 525. The predicted molar refractivity (Wildman–Crippen MR) is 90.7 cm³/mol. The zero-order valence-corrected chi connectivity index (χ0v) is 14.3. The van der Waals surface area contributed by atoms with Crippen LogP contribution in [0.4, 0.5) is 0 Å². The maximum absolute atomic E-state index is 11.8. The molecule has 2 rings (SSSR count). The molecule has 2 unspecified atom stereocenters. The van der Waals surface area contributed by atoms with Crippen molar-refractivity contribution in [2.24, 2.45) is 5.73 Å². The number of amides is 1. The average molecular weight is 320 g/mol. The summed E-state index contributed by atoms with van der Waals surface area (Å²) in [4.78, 5) is 11.8. The number of methoxy groups -OCH3 is 1. The molecule has 0 saturated heterocycles. The van der Waals surface area contributed by atoms with E-state index < -0.39 is 0 Å². The van der Waals surface area contributed by atoms with Crippen LogP contribution in [0.15, 0.2) is 18.2 Å². The van der Waals surface area contributed by atoms with E-state index in [1.165, 1.54) is 12.8 Å². The summed E-state index contributed by atoms with van der Waals surface area (Å²) >= 11 is 0. The van der Waals surface area contributed by atoms with Crippen LogP contribution in [-0.4, -0.2) is 25.2 Å². The molecule has 1 aromatic carbocycles. The molecule has 3 N–H and O–H groups in total. The van der Waals surface area contributed by atoms with Crippen molar-refractivity contribution in [3.05, 3.63) is 23.8 Å². The number of rotatable bonds is 7. The normalized spacial score (nSPS) is 17.6. The number of carbonyl (C=O) groups is 1. The minimum absolute atomic E-state index is 0.0438. The molecule has 1 amide bonds. The quantitative estimate of drug-likeness (QED) is 0.810. The number of nitrogens with one attached hydrogen (secondary N) is 1. The Labute approximate surface area is 138 Å². The van der Waals surface area contributed by atoms with Crippen molar-refractivity contribution in [3.63, 3.8) is 0 Å². The third kappa shape index (κ3) is 5.13. The minimum atomic E-state index is -0.140. The van der Waals surface area contributed by atoms with Gasteiger partial charge >= 0.3 is 0 Å². The van der Waals surface area contributed by atoms with Crippen molar-refractivity contribution < 1.29 is 14.3 Å². The molecule has 0 heterocycles. The maximum atomic E-state index is 11.8. The molecular formula is C18H28N2O3. The van der Waals surface area contributed by atoms with Gasteiger partial charge in [0.2, 0.25) is 5.91 Å². The van der Waals surface area contributed by atoms with E-state index in [0.717, 1.165) is 24.2 Å². The topological polar surface area (TPSA) is 73.6 Å². The van der Waals surface area contributed by atoms with E-state index in [-0.39, 0.29) is 24.1 Å². The first-order valence-electron chi connectivity index (χ1n) is 8.39. The van der Waals surface area contributed by atoms with Crippen molar-refractivity contribution in [2.45, 2.75) is 64.1 Å². The second kappa shape index (κ2) is 8.20. The second-order valence-corrected chi connectivity index (χ2v) is 6.41. The summed E-state index contributed by atoms with van der Waals surface area (Å²) in [6.45, 7) is 3.77. The number of benzene rings is 1. The van der Waals surface area contributed by atoms with Gasteiger partial charge in [0.1, 0.15) is 0 Å². The van der Waals surface area contributed by atoms with Gasteiger partial charge in [-0.1, -0.05) is 6.07 Å². The third-order valence-corrected chi connectivity index (χ3v) is 4.17. The molecule has 5 heteroatoms. The zero-order chi connectivity index (χ0) is 16.8. The van der Waals surface area contributed by atoms with E-state index in [4.69, 9.17) is 15.2 Å². The van der Waals surface area contributed by atoms with Crippen molar-refractivity contribution in [3.8, 4) is 11.5 Å². The van der Waals surface area contributed by atoms with Crippen LogP contribution in [0.25, 0.3) is 0 Å². The van der Waals surface area contributed by atoms with E-state index in [1.807, 2.05) is 32.0 Å². The van der Waals surface area contributed by atoms with Gasteiger partial charge in [-0.05, 0) is 57.2 Å². The van der Waals surface area contributed by atoms with Crippen molar-refractivity contribution >= 4 is 5.91 Å². The first-order valence-corrected chi connectivity index (χ1v) is 8.39. The Hall–Kier alpha value is -1.75. The van der Waals surface area contributed by atoms with Gasteiger partial charge < -0.3 is 20.5 Å². The zero-order valence-electron chi connectivity index (χ0n) is 14.3. The molecule has 23 heavy (non-hydrogen) atoms. The van der Waals surface area contributed by atoms with Crippen LogP contribution in [0.3, 0.4) is 0 Å². The molecule has 1 aliphatic carbocycles. The summed E-state index contributed by atoms with van der Waals surface area (Å²) < 4.78 is 11.5. The predicted octanol–water partition coefficient (Wildman–Crippen LogP) is 2.93. The van der Waals surface area contributed by atoms with Gasteiger partial charge in [0.05, 0.1) is 19.3 Å². The number of hydrogen-bond donors (Lipinski definition) is 2. The molecule has 0 radical (unpaired) electrons. The van der Waals surface area contributed by atoms with E-state index in [1.54, 1.807) is 7.11 Å². The van der Waals surface area contributed by atoms with E-state index in [9.17, 15) is 4.79 Å². The van der Waals surface area contributed by atoms with Gasteiger partial charge in [-0.2, -0.15) is 0 Å². The summed E-state index contributed by atoms with van der Waals surface area (Å²) in [6, 6.07) is 5.60. The largest absolute Gasteiger partial charge is 0.493 e. The van der Waals surface area contributed by atoms with Gasteiger partial charge in [0.15, 0.2) is 11.5 Å². The standard InChI is InChI=1S/C18H28N2O3/c1-12(19)10-18(21)20-13(2)14-8-9-16(17(11-14)22-3)23-15-6-4-5-7-15/h8-9,11-13,15H,4-7,10,19H2,1-3H3,(H,20,21). The molecule has 1 aromatic rings. The van der Waals surface area contributed by atoms with Crippen LogP contribution >= 0.6 is 0 Å². The molecule has 0 bridgehead atoms. The Morgan fingerprint density at radius 2 is 2.00 bits per heavy atom. The Balaban J connectivity index is 2.03. The van der Waals surface area contributed by atoms with Gasteiger partial charge in [0, 0.05) is 12.5 Å². The maximum Gasteiger partial charge on any atom is 0.222 e. The first kappa shape index (κ1) is 17.6. The lowest BCUT2D eigenvalue weighted by atomic mass is 10.1. The number of carbonyl (C=O) groups excluding carboxylic acids is 1. The lowest BCUT2D eigenvalue weighted by molar-refractivity contribution is -0.122. The summed E-state index contributed by atoms with van der Waals surface area (Å²) in [5.41, 5.74) is 6.64. The van der Waals surface area contributed by atoms with Crippen LogP contribution in [-0.2, 0) is 4.79 Å². The first-order chi connectivity index (χ1) is 11.0. The number of ether oxygens (including phenoxy) is 2. The Morgan fingerprint density at radius 3 is 2.61 bits per heavy atom. The average Bonchev–Trinajstić information content (AvgIpc) is 2.99. The van der Waals surface area contributed by atoms with E-state index in [0.29, 0.717) is 12.2 Å². The molecule has 1 fully saturated rings. The van der Waals surface area contributed by atoms with Gasteiger partial charge in [-0.3, -0.25) is 4.79 Å². The fraction of sp³-hybridized carbons (Fsp3) is 0.611. The Morgan fingerprint density at radius 1 is 1.30 bits per heavy atom. The van der Waals surface area contributed by atoms with Crippen molar-refractivity contribution in [1.29, 1.82) is 0 Å². The summed E-state index contributed by atoms with van der Waals surface area (Å²) in [6.07, 6.45) is 5.28. The molecule has 0 aliphatic heterocycles. The van der Waals surface area contributed by atoms with Crippen LogP contribution < -0.4 is 20.5 Å². The fourth-order valence-corrected chi connectivity index (χ4v) is 2.91. The molecule has 128 valence electrons. The molecule has 1 aliphatic rings. The lowest BCUT2D eigenvalue weighted by Gasteiger charge is -2.19. The molecule has 1 saturated carbocycles. The smallest absolute Gasteiger partial charge is 0.222 e. The molecule has 2 atom stereocenters. The lowest BCUT2D eigenvalue weighted by Crippen LogP contribution is -2.31. The highest BCUT2D eigenvalue weighted by atomic mass is 16.5. The monoisotopic (exact) mass is 320 g/mol. The van der Waals surface area contributed by atoms with Crippen molar-refractivity contribution in [1.82, 2.24) is 5.32 Å². The highest BCUT2D eigenvalue weighted by Gasteiger charge is 2.19. The van der Waals surface area contributed by atoms with Gasteiger partial charge in [-0.15, -0.1) is 0 Å². The van der Waals surface area contributed by atoms with Crippen molar-refractivity contribution in [2.75, 3.05) is 7.11 Å². The fourth-order valence-electron chi connectivity index (χ4n) is 2.91. The summed E-state index contributed by atoms with van der Waals surface area (Å²) in [5, 5.41) is 2.96. The van der Waals surface area contributed by atoms with Crippen LogP contribution in [0.5, 0.6) is 11.5 Å². The molecule has 5 nitrogen and oxygen atoms in total. The SMILES string of the molecule is COc1cc(C(C)NC(=O)CC(C)N)ccc1OC1CCCC1. The highest BCUT2D eigenvalue weighted by Crippen LogP contribution is 2.33. The summed E-state index contributed by atoms with van der Waals surface area (Å²) in [5.74, 6) is 1.44. The molecule has 0 aromatic heterocycles. The number of nitrogens with two attached hydrogens (primary N) is 1. The van der Waals surface area contributed by atoms with E-state index >= 15 is 0 Å². The van der Waals surface area contributed by atoms with E-state index in [2.05, 4.69) is 5.32 Å².